The van der Waals surface area contributed by atoms with Crippen LogP contribution in [-0.4, -0.2) is 31.8 Å². The van der Waals surface area contributed by atoms with Gasteiger partial charge in [0.15, 0.2) is 5.82 Å². The van der Waals surface area contributed by atoms with Crippen LogP contribution in [-0.2, 0) is 16.3 Å². The van der Waals surface area contributed by atoms with Gasteiger partial charge in [-0.25, -0.2) is 4.98 Å². The van der Waals surface area contributed by atoms with Crippen LogP contribution in [0.15, 0.2) is 17.2 Å². The topological polar surface area (TPSA) is 64.0 Å². The summed E-state index contributed by atoms with van der Waals surface area (Å²) in [7, 11) is -0.836. The average molecular weight is 285 g/mol. The largest absolute Gasteiger partial charge is 0.365 e. The molecule has 0 aliphatic heterocycles. The van der Waals surface area contributed by atoms with Gasteiger partial charge in [-0.15, -0.1) is 0 Å². The zero-order valence-electron chi connectivity index (χ0n) is 12.3. The lowest BCUT2D eigenvalue weighted by molar-refractivity contribution is 0.383. The summed E-state index contributed by atoms with van der Waals surface area (Å²) >= 11 is 0. The van der Waals surface area contributed by atoms with Crippen molar-refractivity contribution >= 4 is 16.6 Å². The molecule has 6 heteroatoms. The van der Waals surface area contributed by atoms with Crippen molar-refractivity contribution in [3.63, 3.8) is 0 Å². The predicted molar refractivity (Wildman–Crippen MR) is 80.1 cm³/mol. The molecule has 1 aromatic rings. The van der Waals surface area contributed by atoms with Crippen molar-refractivity contribution in [2.75, 3.05) is 18.1 Å². The highest BCUT2D eigenvalue weighted by atomic mass is 32.2. The summed E-state index contributed by atoms with van der Waals surface area (Å²) in [5.41, 5.74) is -0.394. The number of nitrogens with one attached hydrogen (secondary N) is 1. The van der Waals surface area contributed by atoms with E-state index in [1.807, 2.05) is 27.7 Å². The molecule has 0 saturated heterocycles. The summed E-state index contributed by atoms with van der Waals surface area (Å²) in [6.45, 7) is 8.45. The standard InChI is InChI=1S/C13H23N3O2S/c1-10(19(5)18)6-7-14-11-12(17)16(9-8-15-11)13(2,3)4/h8-10H,6-7H2,1-5H3,(H,14,15). The van der Waals surface area contributed by atoms with Crippen molar-refractivity contribution < 1.29 is 4.21 Å². The second kappa shape index (κ2) is 6.32. The zero-order valence-corrected chi connectivity index (χ0v) is 13.1. The summed E-state index contributed by atoms with van der Waals surface area (Å²) in [6, 6.07) is 0. The number of rotatable bonds is 5. The van der Waals surface area contributed by atoms with Gasteiger partial charge < -0.3 is 9.88 Å². The molecule has 1 heterocycles. The van der Waals surface area contributed by atoms with Crippen molar-refractivity contribution in [2.24, 2.45) is 0 Å². The molecule has 0 aromatic carbocycles. The monoisotopic (exact) mass is 285 g/mol. The van der Waals surface area contributed by atoms with Gasteiger partial charge in [-0.05, 0) is 27.2 Å². The lowest BCUT2D eigenvalue weighted by atomic mass is 10.1. The molecule has 0 bridgehead atoms. The van der Waals surface area contributed by atoms with Crippen molar-refractivity contribution in [1.82, 2.24) is 9.55 Å². The van der Waals surface area contributed by atoms with Gasteiger partial charge in [0, 0.05) is 46.8 Å². The highest BCUT2D eigenvalue weighted by Gasteiger charge is 2.16. The maximum Gasteiger partial charge on any atom is 0.293 e. The van der Waals surface area contributed by atoms with Gasteiger partial charge in [0.1, 0.15) is 0 Å². The Morgan fingerprint density at radius 1 is 1.47 bits per heavy atom. The van der Waals surface area contributed by atoms with E-state index in [1.54, 1.807) is 23.2 Å². The molecule has 2 unspecified atom stereocenters. The quantitative estimate of drug-likeness (QED) is 0.892. The molecule has 1 rings (SSSR count). The van der Waals surface area contributed by atoms with Crippen molar-refractivity contribution in [1.29, 1.82) is 0 Å². The molecule has 0 spiro atoms. The van der Waals surface area contributed by atoms with E-state index in [4.69, 9.17) is 0 Å². The zero-order chi connectivity index (χ0) is 14.6. The van der Waals surface area contributed by atoms with Gasteiger partial charge in [-0.1, -0.05) is 6.92 Å². The lowest BCUT2D eigenvalue weighted by Gasteiger charge is -2.22. The van der Waals surface area contributed by atoms with Crippen molar-refractivity contribution in [3.8, 4) is 0 Å². The van der Waals surface area contributed by atoms with Crippen LogP contribution in [0.1, 0.15) is 34.1 Å². The third kappa shape index (κ3) is 4.45. The first-order valence-corrected chi connectivity index (χ1v) is 8.00. The Balaban J connectivity index is 2.76. The first-order chi connectivity index (χ1) is 8.73. The summed E-state index contributed by atoms with van der Waals surface area (Å²) in [5, 5.41) is 3.14. The molecule has 0 fully saturated rings. The number of anilines is 1. The summed E-state index contributed by atoms with van der Waals surface area (Å²) in [4.78, 5) is 16.3. The van der Waals surface area contributed by atoms with Gasteiger partial charge in [-0.2, -0.15) is 0 Å². The van der Waals surface area contributed by atoms with E-state index in [2.05, 4.69) is 10.3 Å². The van der Waals surface area contributed by atoms with Crippen LogP contribution >= 0.6 is 0 Å². The molecule has 2 atom stereocenters. The Hall–Kier alpha value is -1.17. The van der Waals surface area contributed by atoms with Crippen LogP contribution in [0.4, 0.5) is 5.82 Å². The van der Waals surface area contributed by atoms with E-state index in [0.29, 0.717) is 12.4 Å². The molecule has 1 N–H and O–H groups in total. The fourth-order valence-corrected chi connectivity index (χ4v) is 2.07. The van der Waals surface area contributed by atoms with E-state index in [9.17, 15) is 9.00 Å². The minimum absolute atomic E-state index is 0.112. The molecule has 0 amide bonds. The molecule has 1 aromatic heterocycles. The second-order valence-corrected chi connectivity index (χ2v) is 7.45. The highest BCUT2D eigenvalue weighted by molar-refractivity contribution is 7.84. The Labute approximate surface area is 116 Å². The lowest BCUT2D eigenvalue weighted by Crippen LogP contribution is -2.35. The molecule has 19 heavy (non-hydrogen) atoms. The first-order valence-electron chi connectivity index (χ1n) is 6.37. The maximum absolute atomic E-state index is 12.2. The third-order valence-corrected chi connectivity index (χ3v) is 4.34. The number of nitrogens with zero attached hydrogens (tertiary/aromatic N) is 2. The number of hydrogen-bond donors (Lipinski definition) is 1. The fraction of sp³-hybridized carbons (Fsp3) is 0.692. The Morgan fingerprint density at radius 3 is 2.63 bits per heavy atom. The smallest absolute Gasteiger partial charge is 0.293 e. The predicted octanol–water partition coefficient (Wildman–Crippen LogP) is 1.57. The maximum atomic E-state index is 12.2. The normalized spacial score (nSPS) is 15.0. The van der Waals surface area contributed by atoms with Gasteiger partial charge in [0.25, 0.3) is 5.56 Å². The SMILES string of the molecule is CC(CCNc1nccn(C(C)(C)C)c1=O)S(C)=O. The van der Waals surface area contributed by atoms with Crippen LogP contribution < -0.4 is 10.9 Å². The molecule has 0 aliphatic rings. The van der Waals surface area contributed by atoms with Gasteiger partial charge >= 0.3 is 0 Å². The van der Waals surface area contributed by atoms with E-state index >= 15 is 0 Å². The minimum atomic E-state index is -0.836. The molecular weight excluding hydrogens is 262 g/mol. The van der Waals surface area contributed by atoms with Crippen molar-refractivity contribution in [2.45, 2.75) is 44.9 Å². The number of aromatic nitrogens is 2. The van der Waals surface area contributed by atoms with Crippen molar-refractivity contribution in [3.05, 3.63) is 22.7 Å². The Morgan fingerprint density at radius 2 is 2.11 bits per heavy atom. The van der Waals surface area contributed by atoms with Crippen LogP contribution in [0.25, 0.3) is 0 Å². The van der Waals surface area contributed by atoms with E-state index < -0.39 is 10.8 Å². The van der Waals surface area contributed by atoms with Crippen LogP contribution in [0, 0.1) is 0 Å². The second-order valence-electron chi connectivity index (χ2n) is 5.65. The van der Waals surface area contributed by atoms with E-state index in [0.717, 1.165) is 6.42 Å². The molecular formula is C13H23N3O2S. The minimum Gasteiger partial charge on any atom is -0.365 e. The molecule has 5 nitrogen and oxygen atoms in total. The van der Waals surface area contributed by atoms with Gasteiger partial charge in [0.05, 0.1) is 0 Å². The highest BCUT2D eigenvalue weighted by Crippen LogP contribution is 2.10. The first kappa shape index (κ1) is 15.9. The molecule has 0 saturated carbocycles. The van der Waals surface area contributed by atoms with Crippen LogP contribution in [0.2, 0.25) is 0 Å². The number of hydrogen-bond acceptors (Lipinski definition) is 4. The third-order valence-electron chi connectivity index (χ3n) is 2.97. The van der Waals surface area contributed by atoms with E-state index in [-0.39, 0.29) is 16.3 Å². The fourth-order valence-electron chi connectivity index (χ4n) is 1.62. The summed E-state index contributed by atoms with van der Waals surface area (Å²) < 4.78 is 12.9. The average Bonchev–Trinajstić information content (AvgIpc) is 2.29. The van der Waals surface area contributed by atoms with Gasteiger partial charge in [-0.3, -0.25) is 9.00 Å². The molecule has 0 aliphatic carbocycles. The molecule has 0 radical (unpaired) electrons. The summed E-state index contributed by atoms with van der Waals surface area (Å²) in [5.74, 6) is 0.353. The summed E-state index contributed by atoms with van der Waals surface area (Å²) in [6.07, 6.45) is 5.75. The molecule has 108 valence electrons. The van der Waals surface area contributed by atoms with Gasteiger partial charge in [0.2, 0.25) is 0 Å². The Bertz CT molecular complexity index is 505. The van der Waals surface area contributed by atoms with Crippen LogP contribution in [0.5, 0.6) is 0 Å². The Kier molecular flexibility index (Phi) is 5.29. The van der Waals surface area contributed by atoms with E-state index in [1.165, 1.54) is 0 Å². The van der Waals surface area contributed by atoms with Crippen LogP contribution in [0.3, 0.4) is 0 Å².